The minimum atomic E-state index is -3.98. The first-order chi connectivity index (χ1) is 15.2. The van der Waals surface area contributed by atoms with Crippen LogP contribution in [0.1, 0.15) is 22.3 Å². The number of carbonyl (C=O) groups excluding carboxylic acids is 1. The molecule has 6 nitrogen and oxygen atoms in total. The number of rotatable bonds is 7. The summed E-state index contributed by atoms with van der Waals surface area (Å²) in [4.78, 5) is 12.7. The molecule has 1 N–H and O–H groups in total. The summed E-state index contributed by atoms with van der Waals surface area (Å²) in [6, 6.07) is 18.9. The number of anilines is 1. The molecule has 0 unspecified atom stereocenters. The first kappa shape index (κ1) is 23.5. The van der Waals surface area contributed by atoms with Crippen molar-refractivity contribution in [2.45, 2.75) is 25.7 Å². The summed E-state index contributed by atoms with van der Waals surface area (Å²) in [5.41, 5.74) is 6.22. The van der Waals surface area contributed by atoms with Gasteiger partial charge in [-0.05, 0) is 62.2 Å². The maximum atomic E-state index is 13.4. The van der Waals surface area contributed by atoms with Crippen molar-refractivity contribution < 1.29 is 13.2 Å². The van der Waals surface area contributed by atoms with Crippen molar-refractivity contribution in [1.29, 1.82) is 0 Å². The molecule has 3 aromatic carbocycles. The molecule has 0 radical (unpaired) electrons. The number of nitrogens with zero attached hydrogens (tertiary/aromatic N) is 2. The second kappa shape index (κ2) is 9.97. The van der Waals surface area contributed by atoms with Crippen molar-refractivity contribution in [3.8, 4) is 0 Å². The van der Waals surface area contributed by atoms with Gasteiger partial charge in [-0.3, -0.25) is 9.10 Å². The Morgan fingerprint density at radius 3 is 2.34 bits per heavy atom. The van der Waals surface area contributed by atoms with Crippen molar-refractivity contribution in [2.75, 3.05) is 10.8 Å². The highest BCUT2D eigenvalue weighted by atomic mass is 35.5. The maximum absolute atomic E-state index is 13.4. The van der Waals surface area contributed by atoms with E-state index in [0.29, 0.717) is 16.3 Å². The Balaban J connectivity index is 1.88. The molecule has 0 fully saturated rings. The monoisotopic (exact) mass is 469 g/mol. The van der Waals surface area contributed by atoms with Gasteiger partial charge in [0.2, 0.25) is 0 Å². The van der Waals surface area contributed by atoms with Crippen LogP contribution in [0.4, 0.5) is 5.69 Å². The molecule has 0 saturated carbocycles. The maximum Gasteiger partial charge on any atom is 0.264 e. The summed E-state index contributed by atoms with van der Waals surface area (Å²) in [6.45, 7) is 5.19. The van der Waals surface area contributed by atoms with Crippen LogP contribution < -0.4 is 9.73 Å². The van der Waals surface area contributed by atoms with E-state index < -0.39 is 22.5 Å². The summed E-state index contributed by atoms with van der Waals surface area (Å²) >= 11 is 5.94. The van der Waals surface area contributed by atoms with Crippen molar-refractivity contribution in [3.63, 3.8) is 0 Å². The molecule has 0 spiro atoms. The van der Waals surface area contributed by atoms with Gasteiger partial charge in [-0.15, -0.1) is 0 Å². The lowest BCUT2D eigenvalue weighted by atomic mass is 10.1. The minimum Gasteiger partial charge on any atom is -0.271 e. The van der Waals surface area contributed by atoms with Crippen LogP contribution in [0, 0.1) is 20.8 Å². The highest BCUT2D eigenvalue weighted by Gasteiger charge is 2.28. The fourth-order valence-electron chi connectivity index (χ4n) is 3.15. The van der Waals surface area contributed by atoms with E-state index in [2.05, 4.69) is 10.5 Å². The zero-order valence-corrected chi connectivity index (χ0v) is 19.6. The Morgan fingerprint density at radius 1 is 1.00 bits per heavy atom. The number of benzene rings is 3. The van der Waals surface area contributed by atoms with E-state index in [0.717, 1.165) is 21.0 Å². The van der Waals surface area contributed by atoms with Crippen LogP contribution in [-0.2, 0) is 14.8 Å². The second-order valence-electron chi connectivity index (χ2n) is 7.46. The Morgan fingerprint density at radius 2 is 1.69 bits per heavy atom. The summed E-state index contributed by atoms with van der Waals surface area (Å²) < 4.78 is 28.0. The number of hydrogen-bond donors (Lipinski definition) is 1. The van der Waals surface area contributed by atoms with E-state index in [-0.39, 0.29) is 4.90 Å². The van der Waals surface area contributed by atoms with Gasteiger partial charge in [0, 0.05) is 5.02 Å². The Bertz CT molecular complexity index is 1260. The highest BCUT2D eigenvalue weighted by molar-refractivity contribution is 7.92. The molecule has 0 saturated heterocycles. The largest absolute Gasteiger partial charge is 0.271 e. The first-order valence-corrected chi connectivity index (χ1v) is 11.7. The number of nitrogens with one attached hydrogen (secondary N) is 1. The van der Waals surface area contributed by atoms with Crippen molar-refractivity contribution in [2.24, 2.45) is 5.10 Å². The van der Waals surface area contributed by atoms with Crippen LogP contribution in [0.3, 0.4) is 0 Å². The van der Waals surface area contributed by atoms with E-state index in [1.807, 2.05) is 32.9 Å². The molecule has 8 heteroatoms. The first-order valence-electron chi connectivity index (χ1n) is 9.91. The average molecular weight is 470 g/mol. The van der Waals surface area contributed by atoms with E-state index in [4.69, 9.17) is 11.6 Å². The lowest BCUT2D eigenvalue weighted by Gasteiger charge is -2.25. The molecule has 3 aromatic rings. The van der Waals surface area contributed by atoms with Crippen molar-refractivity contribution in [1.82, 2.24) is 5.43 Å². The van der Waals surface area contributed by atoms with Crippen molar-refractivity contribution >= 4 is 39.4 Å². The predicted octanol–water partition coefficient (Wildman–Crippen LogP) is 4.61. The number of aryl methyl sites for hydroxylation is 3. The molecule has 3 rings (SSSR count). The molecule has 0 aliphatic heterocycles. The van der Waals surface area contributed by atoms with Gasteiger partial charge in [0.1, 0.15) is 6.54 Å². The molecular formula is C24H24ClN3O3S. The van der Waals surface area contributed by atoms with Crippen LogP contribution in [-0.4, -0.2) is 27.1 Å². The fraction of sp³-hybridized carbons (Fsp3) is 0.167. The summed E-state index contributed by atoms with van der Waals surface area (Å²) in [5.74, 6) is -0.570. The van der Waals surface area contributed by atoms with Gasteiger partial charge in [-0.1, -0.05) is 59.1 Å². The quantitative estimate of drug-likeness (QED) is 0.405. The lowest BCUT2D eigenvalue weighted by Crippen LogP contribution is -2.40. The van der Waals surface area contributed by atoms with Crippen molar-refractivity contribution in [3.05, 3.63) is 94.0 Å². The molecule has 0 aliphatic carbocycles. The van der Waals surface area contributed by atoms with Gasteiger partial charge >= 0.3 is 0 Å². The van der Waals surface area contributed by atoms with Gasteiger partial charge in [-0.25, -0.2) is 13.8 Å². The van der Waals surface area contributed by atoms with Crippen LogP contribution in [0.5, 0.6) is 0 Å². The summed E-state index contributed by atoms with van der Waals surface area (Å²) in [7, 11) is -3.98. The normalized spacial score (nSPS) is 11.5. The van der Waals surface area contributed by atoms with E-state index in [1.165, 1.54) is 18.3 Å². The molecule has 166 valence electrons. The molecule has 1 amide bonds. The Kier molecular flexibility index (Phi) is 7.33. The van der Waals surface area contributed by atoms with Gasteiger partial charge < -0.3 is 0 Å². The molecule has 0 aromatic heterocycles. The zero-order valence-electron chi connectivity index (χ0n) is 18.0. The van der Waals surface area contributed by atoms with Gasteiger partial charge in [0.05, 0.1) is 16.8 Å². The van der Waals surface area contributed by atoms with Gasteiger partial charge in [0.25, 0.3) is 15.9 Å². The van der Waals surface area contributed by atoms with E-state index in [1.54, 1.807) is 42.5 Å². The number of hydrogen-bond acceptors (Lipinski definition) is 4. The molecule has 0 atom stereocenters. The smallest absolute Gasteiger partial charge is 0.264 e. The highest BCUT2D eigenvalue weighted by Crippen LogP contribution is 2.27. The second-order valence-corrected chi connectivity index (χ2v) is 9.76. The standard InChI is InChI=1S/C24H24ClN3O3S/c1-17-7-10-22(11-8-17)32(30,31)28(23-12-9-18(2)13-19(23)3)16-24(29)27-26-15-20-5-4-6-21(25)14-20/h4-15H,16H2,1-3H3,(H,27,29)/b26-15-. The third-order valence-corrected chi connectivity index (χ3v) is 6.78. The summed E-state index contributed by atoms with van der Waals surface area (Å²) in [6.07, 6.45) is 1.44. The number of amides is 1. The predicted molar refractivity (Wildman–Crippen MR) is 129 cm³/mol. The third-order valence-electron chi connectivity index (χ3n) is 4.77. The summed E-state index contributed by atoms with van der Waals surface area (Å²) in [5, 5.41) is 4.47. The molecule has 0 bridgehead atoms. The van der Waals surface area contributed by atoms with Crippen LogP contribution >= 0.6 is 11.6 Å². The average Bonchev–Trinajstić information content (AvgIpc) is 2.73. The van der Waals surface area contributed by atoms with E-state index >= 15 is 0 Å². The van der Waals surface area contributed by atoms with Gasteiger partial charge in [0.15, 0.2) is 0 Å². The van der Waals surface area contributed by atoms with Gasteiger partial charge in [-0.2, -0.15) is 5.10 Å². The fourth-order valence-corrected chi connectivity index (χ4v) is 4.84. The zero-order chi connectivity index (χ0) is 23.3. The van der Waals surface area contributed by atoms with Crippen LogP contribution in [0.25, 0.3) is 0 Å². The van der Waals surface area contributed by atoms with Crippen LogP contribution in [0.15, 0.2) is 76.7 Å². The van der Waals surface area contributed by atoms with Crippen LogP contribution in [0.2, 0.25) is 5.02 Å². The lowest BCUT2D eigenvalue weighted by molar-refractivity contribution is -0.119. The topological polar surface area (TPSA) is 78.8 Å². The minimum absolute atomic E-state index is 0.110. The number of hydrazone groups is 1. The molecule has 32 heavy (non-hydrogen) atoms. The van der Waals surface area contributed by atoms with E-state index in [9.17, 15) is 13.2 Å². The third kappa shape index (κ3) is 5.75. The molecule has 0 aliphatic rings. The SMILES string of the molecule is Cc1ccc(S(=O)(=O)N(CC(=O)N/N=C\c2cccc(Cl)c2)c2ccc(C)cc2C)cc1. The number of halogens is 1. The Labute approximate surface area is 193 Å². The number of carbonyl (C=O) groups is 1. The Hall–Kier alpha value is -3.16. The molecular weight excluding hydrogens is 446 g/mol. The molecule has 0 heterocycles. The number of sulfonamides is 1.